The van der Waals surface area contributed by atoms with Crippen LogP contribution in [0.5, 0.6) is 0 Å². The van der Waals surface area contributed by atoms with E-state index in [1.54, 1.807) is 19.2 Å². The van der Waals surface area contributed by atoms with Crippen LogP contribution in [0.1, 0.15) is 48.1 Å². The number of hydrogen-bond acceptors (Lipinski definition) is 6. The van der Waals surface area contributed by atoms with Crippen LogP contribution in [-0.2, 0) is 25.6 Å². The van der Waals surface area contributed by atoms with Crippen molar-refractivity contribution < 1.29 is 23.8 Å². The van der Waals surface area contributed by atoms with E-state index in [0.29, 0.717) is 17.8 Å². The molecule has 2 aromatic carbocycles. The lowest BCUT2D eigenvalue weighted by Crippen LogP contribution is -2.50. The molecule has 36 heavy (non-hydrogen) atoms. The molecule has 0 amide bonds. The number of esters is 2. The summed E-state index contributed by atoms with van der Waals surface area (Å²) in [7, 11) is 0. The first-order chi connectivity index (χ1) is 17.2. The molecule has 1 atom stereocenters. The van der Waals surface area contributed by atoms with E-state index in [9.17, 15) is 14.8 Å². The molecule has 0 unspecified atom stereocenters. The van der Waals surface area contributed by atoms with E-state index in [1.807, 2.05) is 66.1 Å². The minimum Gasteiger partial charge on any atom is -0.711 e. The number of cyclic esters (lactones) is 2. The van der Waals surface area contributed by atoms with Gasteiger partial charge in [0.1, 0.15) is 23.9 Å². The smallest absolute Gasteiger partial charge is 0.324 e. The van der Waals surface area contributed by atoms with Gasteiger partial charge in [-0.1, -0.05) is 42.5 Å². The van der Waals surface area contributed by atoms with Gasteiger partial charge in [0, 0.05) is 39.3 Å². The van der Waals surface area contributed by atoms with Gasteiger partial charge in [-0.2, -0.15) is 0 Å². The third-order valence-corrected chi connectivity index (χ3v) is 6.70. The van der Waals surface area contributed by atoms with Crippen LogP contribution in [0.25, 0.3) is 10.9 Å². The fraction of sp³-hybridized carbons (Fsp3) is 0.286. The number of ether oxygens (including phenoxy) is 2. The Morgan fingerprint density at radius 2 is 1.72 bits per heavy atom. The molecular weight excluding hydrogens is 458 g/mol. The molecule has 2 aromatic heterocycles. The summed E-state index contributed by atoms with van der Waals surface area (Å²) >= 11 is 0. The Morgan fingerprint density at radius 1 is 1.03 bits per heavy atom. The first-order valence-corrected chi connectivity index (χ1v) is 11.8. The number of imidazole rings is 1. The molecule has 1 aliphatic rings. The van der Waals surface area contributed by atoms with Crippen molar-refractivity contribution in [1.82, 2.24) is 9.55 Å². The summed E-state index contributed by atoms with van der Waals surface area (Å²) in [5.41, 5.74) is 3.59. The molecule has 0 bridgehead atoms. The maximum atomic E-state index is 13.6. The number of fused-ring (bicyclic) bond motifs is 1. The molecule has 0 spiro atoms. The summed E-state index contributed by atoms with van der Waals surface area (Å²) in [6.45, 7) is 7.01. The van der Waals surface area contributed by atoms with Crippen molar-refractivity contribution in [3.05, 3.63) is 100 Å². The summed E-state index contributed by atoms with van der Waals surface area (Å²) in [6.07, 6.45) is 1.70. The fourth-order valence-corrected chi connectivity index (χ4v) is 4.83. The molecule has 5 rings (SSSR count). The lowest BCUT2D eigenvalue weighted by molar-refractivity contribution is -0.621. The summed E-state index contributed by atoms with van der Waals surface area (Å²) < 4.78 is 13.7. The zero-order chi connectivity index (χ0) is 25.6. The topological polar surface area (TPSA) is 97.4 Å². The normalized spacial score (nSPS) is 16.6. The average Bonchev–Trinajstić information content (AvgIpc) is 3.04. The average molecular weight is 486 g/mol. The van der Waals surface area contributed by atoms with Gasteiger partial charge in [-0.25, -0.2) is 9.30 Å². The molecule has 1 saturated heterocycles. The van der Waals surface area contributed by atoms with E-state index in [2.05, 4.69) is 4.98 Å². The second-order valence-corrected chi connectivity index (χ2v) is 9.55. The maximum Gasteiger partial charge on any atom is 0.324 e. The highest BCUT2D eigenvalue weighted by Crippen LogP contribution is 2.39. The number of rotatable bonds is 5. The minimum atomic E-state index is -1.38. The molecule has 1 fully saturated rings. The Morgan fingerprint density at radius 3 is 2.42 bits per heavy atom. The van der Waals surface area contributed by atoms with Gasteiger partial charge in [0.05, 0.1) is 5.52 Å². The van der Waals surface area contributed by atoms with Crippen molar-refractivity contribution in [3.63, 3.8) is 0 Å². The van der Waals surface area contributed by atoms with Gasteiger partial charge in [-0.3, -0.25) is 14.6 Å². The van der Waals surface area contributed by atoms with Crippen molar-refractivity contribution in [2.75, 3.05) is 0 Å². The Bertz CT molecular complexity index is 1460. The maximum absolute atomic E-state index is 13.6. The number of pyridine rings is 1. The van der Waals surface area contributed by atoms with Crippen molar-refractivity contribution >= 4 is 22.8 Å². The monoisotopic (exact) mass is 485 g/mol. The minimum absolute atomic E-state index is 0.274. The predicted molar refractivity (Wildman–Crippen MR) is 132 cm³/mol. The van der Waals surface area contributed by atoms with Gasteiger partial charge in [-0.15, -0.1) is 0 Å². The number of benzene rings is 2. The standard InChI is InChI=1S/C28H27N3O5/c1-17-18(2)31(34)25(30(17)16-19-9-6-5-7-10-19)23(24-26(32)35-28(3,4)36-27(24)33)21-12-13-22-20(15-21)11-8-14-29-22/h5-15,23-24H,16H2,1-4H3/t23-/m0/s1. The highest BCUT2D eigenvalue weighted by Gasteiger charge is 2.52. The number of nitrogens with zero attached hydrogens (tertiary/aromatic N) is 3. The van der Waals surface area contributed by atoms with Crippen molar-refractivity contribution in [2.24, 2.45) is 5.92 Å². The summed E-state index contributed by atoms with van der Waals surface area (Å²) in [5, 5.41) is 14.5. The molecule has 0 radical (unpaired) electrons. The lowest BCUT2D eigenvalue weighted by Gasteiger charge is -2.35. The van der Waals surface area contributed by atoms with Crippen LogP contribution in [0, 0.1) is 25.0 Å². The van der Waals surface area contributed by atoms with Gasteiger partial charge >= 0.3 is 11.9 Å². The first-order valence-electron chi connectivity index (χ1n) is 11.8. The molecule has 184 valence electrons. The van der Waals surface area contributed by atoms with Gasteiger partial charge in [-0.05, 0) is 29.3 Å². The highest BCUT2D eigenvalue weighted by molar-refractivity contribution is 5.98. The van der Waals surface area contributed by atoms with E-state index < -0.39 is 29.6 Å². The number of carbonyl (C=O) groups excluding carboxylic acids is 2. The van der Waals surface area contributed by atoms with Gasteiger partial charge < -0.3 is 14.7 Å². The largest absolute Gasteiger partial charge is 0.711 e. The van der Waals surface area contributed by atoms with Crippen LogP contribution in [-0.4, -0.2) is 27.3 Å². The van der Waals surface area contributed by atoms with Crippen LogP contribution in [0.15, 0.2) is 66.9 Å². The molecule has 0 saturated carbocycles. The zero-order valence-electron chi connectivity index (χ0n) is 20.6. The Hall–Kier alpha value is -4.20. The fourth-order valence-electron chi connectivity index (χ4n) is 4.83. The van der Waals surface area contributed by atoms with E-state index in [0.717, 1.165) is 26.9 Å². The first kappa shape index (κ1) is 23.5. The number of hydrogen-bond donors (Lipinski definition) is 0. The van der Waals surface area contributed by atoms with Crippen molar-refractivity contribution in [2.45, 2.75) is 45.9 Å². The quantitative estimate of drug-likeness (QED) is 0.184. The molecule has 8 heteroatoms. The third-order valence-electron chi connectivity index (χ3n) is 6.70. The Labute approximate surface area is 208 Å². The van der Waals surface area contributed by atoms with E-state index in [4.69, 9.17) is 9.47 Å². The summed E-state index contributed by atoms with van der Waals surface area (Å²) in [4.78, 5) is 30.9. The summed E-state index contributed by atoms with van der Waals surface area (Å²) in [5.74, 6) is -4.86. The molecular formula is C28H27N3O5. The number of aromatic nitrogens is 3. The van der Waals surface area contributed by atoms with Crippen LogP contribution < -0.4 is 4.73 Å². The molecule has 3 heterocycles. The van der Waals surface area contributed by atoms with Crippen LogP contribution in [0.4, 0.5) is 0 Å². The molecule has 1 aliphatic heterocycles. The molecule has 0 aliphatic carbocycles. The van der Waals surface area contributed by atoms with E-state index in [1.165, 1.54) is 13.8 Å². The van der Waals surface area contributed by atoms with Crippen molar-refractivity contribution in [3.8, 4) is 0 Å². The Balaban J connectivity index is 1.74. The van der Waals surface area contributed by atoms with Crippen molar-refractivity contribution in [1.29, 1.82) is 0 Å². The van der Waals surface area contributed by atoms with Gasteiger partial charge in [0.15, 0.2) is 5.92 Å². The van der Waals surface area contributed by atoms with Gasteiger partial charge in [0.2, 0.25) is 0 Å². The van der Waals surface area contributed by atoms with E-state index in [-0.39, 0.29) is 5.82 Å². The van der Waals surface area contributed by atoms with E-state index >= 15 is 0 Å². The SMILES string of the molecule is Cc1c(C)[n+]([O-])c([C@@H](c2ccc3ncccc3c2)C2C(=O)OC(C)(C)OC2=O)n1Cc1ccccc1. The second-order valence-electron chi connectivity index (χ2n) is 9.55. The molecule has 4 aromatic rings. The van der Waals surface area contributed by atoms with Gasteiger partial charge in [0.25, 0.3) is 11.6 Å². The molecule has 0 N–H and O–H groups in total. The highest BCUT2D eigenvalue weighted by atomic mass is 16.7. The van der Waals surface area contributed by atoms with Crippen LogP contribution in [0.3, 0.4) is 0 Å². The van der Waals surface area contributed by atoms with Crippen LogP contribution >= 0.6 is 0 Å². The Kier molecular flexibility index (Phi) is 5.74. The molecule has 8 nitrogen and oxygen atoms in total. The lowest BCUT2D eigenvalue weighted by atomic mass is 9.83. The summed E-state index contributed by atoms with van der Waals surface area (Å²) in [6, 6.07) is 18.9. The second kappa shape index (κ2) is 8.78. The third kappa shape index (κ3) is 4.08. The zero-order valence-corrected chi connectivity index (χ0v) is 20.6. The number of carbonyl (C=O) groups is 2. The van der Waals surface area contributed by atoms with Crippen LogP contribution in [0.2, 0.25) is 0 Å². The predicted octanol–water partition coefficient (Wildman–Crippen LogP) is 3.92.